The number of nitrogens with one attached hydrogen (secondary N) is 1. The van der Waals surface area contributed by atoms with Crippen LogP contribution in [-0.4, -0.2) is 24.2 Å². The highest BCUT2D eigenvalue weighted by molar-refractivity contribution is 7.99. The van der Waals surface area contributed by atoms with Crippen molar-refractivity contribution in [1.82, 2.24) is 5.43 Å². The van der Waals surface area contributed by atoms with Gasteiger partial charge in [-0.05, 0) is 23.5 Å². The molecule has 0 amide bonds. The molecule has 2 atom stereocenters. The molecule has 106 valence electrons. The SMILES string of the molecule is CC(C)Cc1cccc(C(NN)C2CSCCO2)c1. The number of benzene rings is 1. The van der Waals surface area contributed by atoms with Crippen LogP contribution in [0.15, 0.2) is 24.3 Å². The first-order valence-electron chi connectivity index (χ1n) is 6.95. The Hall–Kier alpha value is -0.550. The van der Waals surface area contributed by atoms with Crippen molar-refractivity contribution in [2.75, 3.05) is 18.1 Å². The minimum Gasteiger partial charge on any atom is -0.374 e. The molecule has 2 unspecified atom stereocenters. The van der Waals surface area contributed by atoms with Gasteiger partial charge >= 0.3 is 0 Å². The predicted octanol–water partition coefficient (Wildman–Crippen LogP) is 2.52. The summed E-state index contributed by atoms with van der Waals surface area (Å²) in [4.78, 5) is 0. The zero-order valence-corrected chi connectivity index (χ0v) is 12.6. The van der Waals surface area contributed by atoms with Gasteiger partial charge in [0.05, 0.1) is 18.8 Å². The van der Waals surface area contributed by atoms with E-state index >= 15 is 0 Å². The molecule has 19 heavy (non-hydrogen) atoms. The molecule has 0 spiro atoms. The standard InChI is InChI=1S/C15H24N2OS/c1-11(2)8-12-4-3-5-13(9-12)15(17-16)14-10-19-7-6-18-14/h3-5,9,11,14-15,17H,6-8,10,16H2,1-2H3. The van der Waals surface area contributed by atoms with Crippen LogP contribution in [0.3, 0.4) is 0 Å². The fraction of sp³-hybridized carbons (Fsp3) is 0.600. The molecule has 0 aliphatic carbocycles. The second-order valence-corrected chi connectivity index (χ2v) is 6.62. The molecule has 1 aromatic rings. The van der Waals surface area contributed by atoms with Crippen LogP contribution in [0.25, 0.3) is 0 Å². The number of ether oxygens (including phenoxy) is 1. The van der Waals surface area contributed by atoms with Crippen molar-refractivity contribution in [2.24, 2.45) is 11.8 Å². The Balaban J connectivity index is 2.12. The highest BCUT2D eigenvalue weighted by atomic mass is 32.2. The molecule has 0 radical (unpaired) electrons. The fourth-order valence-corrected chi connectivity index (χ4v) is 3.40. The third kappa shape index (κ3) is 4.21. The summed E-state index contributed by atoms with van der Waals surface area (Å²) < 4.78 is 5.84. The number of hydrazine groups is 1. The van der Waals surface area contributed by atoms with E-state index in [4.69, 9.17) is 10.6 Å². The van der Waals surface area contributed by atoms with E-state index in [0.717, 1.165) is 24.5 Å². The molecule has 1 aliphatic heterocycles. The van der Waals surface area contributed by atoms with Gasteiger partial charge in [-0.3, -0.25) is 11.3 Å². The topological polar surface area (TPSA) is 47.3 Å². The third-order valence-electron chi connectivity index (χ3n) is 3.35. The van der Waals surface area contributed by atoms with Crippen molar-refractivity contribution in [3.8, 4) is 0 Å². The second-order valence-electron chi connectivity index (χ2n) is 5.47. The molecule has 1 heterocycles. The molecule has 3 N–H and O–H groups in total. The van der Waals surface area contributed by atoms with Crippen molar-refractivity contribution >= 4 is 11.8 Å². The average molecular weight is 280 g/mol. The number of rotatable bonds is 5. The summed E-state index contributed by atoms with van der Waals surface area (Å²) in [5, 5.41) is 0. The van der Waals surface area contributed by atoms with Gasteiger partial charge < -0.3 is 4.74 Å². The van der Waals surface area contributed by atoms with E-state index in [2.05, 4.69) is 43.5 Å². The van der Waals surface area contributed by atoms with Crippen LogP contribution in [0.1, 0.15) is 31.0 Å². The maximum atomic E-state index is 5.84. The molecule has 1 aromatic carbocycles. The average Bonchev–Trinajstić information content (AvgIpc) is 2.40. The van der Waals surface area contributed by atoms with Crippen LogP contribution in [0.4, 0.5) is 0 Å². The lowest BCUT2D eigenvalue weighted by Gasteiger charge is -2.30. The van der Waals surface area contributed by atoms with E-state index in [1.165, 1.54) is 11.1 Å². The number of thioether (sulfide) groups is 1. The fourth-order valence-electron chi connectivity index (χ4n) is 2.50. The van der Waals surface area contributed by atoms with Gasteiger partial charge in [-0.2, -0.15) is 11.8 Å². The molecule has 0 saturated carbocycles. The highest BCUT2D eigenvalue weighted by Crippen LogP contribution is 2.26. The summed E-state index contributed by atoms with van der Waals surface area (Å²) in [5.41, 5.74) is 5.53. The Morgan fingerprint density at radius 3 is 2.95 bits per heavy atom. The molecule has 3 nitrogen and oxygen atoms in total. The van der Waals surface area contributed by atoms with Crippen LogP contribution < -0.4 is 11.3 Å². The first-order valence-corrected chi connectivity index (χ1v) is 8.10. The number of hydrogen-bond acceptors (Lipinski definition) is 4. The Bertz CT molecular complexity index is 391. The first-order chi connectivity index (χ1) is 9.20. The van der Waals surface area contributed by atoms with Crippen molar-refractivity contribution < 1.29 is 4.74 Å². The third-order valence-corrected chi connectivity index (χ3v) is 4.37. The van der Waals surface area contributed by atoms with E-state index in [9.17, 15) is 0 Å². The van der Waals surface area contributed by atoms with Gasteiger partial charge in [-0.25, -0.2) is 0 Å². The summed E-state index contributed by atoms with van der Waals surface area (Å²) in [6.07, 6.45) is 1.27. The van der Waals surface area contributed by atoms with Gasteiger partial charge in [0.2, 0.25) is 0 Å². The van der Waals surface area contributed by atoms with Crippen molar-refractivity contribution in [3.05, 3.63) is 35.4 Å². The lowest BCUT2D eigenvalue weighted by atomic mass is 9.96. The Labute approximate surface area is 120 Å². The molecule has 4 heteroatoms. The van der Waals surface area contributed by atoms with E-state index in [0.29, 0.717) is 5.92 Å². The van der Waals surface area contributed by atoms with E-state index < -0.39 is 0 Å². The van der Waals surface area contributed by atoms with Crippen LogP contribution >= 0.6 is 11.8 Å². The minimum absolute atomic E-state index is 0.0833. The predicted molar refractivity (Wildman–Crippen MR) is 82.1 cm³/mol. The Kier molecular flexibility index (Phi) is 5.70. The number of nitrogens with two attached hydrogens (primary N) is 1. The molecular formula is C15H24N2OS. The van der Waals surface area contributed by atoms with Gasteiger partial charge in [0.1, 0.15) is 0 Å². The summed E-state index contributed by atoms with van der Waals surface area (Å²) in [6.45, 7) is 5.30. The minimum atomic E-state index is 0.0833. The van der Waals surface area contributed by atoms with E-state index in [1.807, 2.05) is 11.8 Å². The van der Waals surface area contributed by atoms with Gasteiger partial charge in [-0.1, -0.05) is 38.1 Å². The molecule has 0 bridgehead atoms. The summed E-state index contributed by atoms with van der Waals surface area (Å²) >= 11 is 1.94. The van der Waals surface area contributed by atoms with Crippen LogP contribution in [0, 0.1) is 5.92 Å². The lowest BCUT2D eigenvalue weighted by Crippen LogP contribution is -2.41. The smallest absolute Gasteiger partial charge is 0.0873 e. The molecule has 1 aliphatic rings. The van der Waals surface area contributed by atoms with E-state index in [-0.39, 0.29) is 12.1 Å². The Morgan fingerprint density at radius 1 is 1.47 bits per heavy atom. The van der Waals surface area contributed by atoms with Crippen LogP contribution in [0.5, 0.6) is 0 Å². The normalized spacial score (nSPS) is 21.6. The maximum absolute atomic E-state index is 5.84. The molecule has 0 aromatic heterocycles. The van der Waals surface area contributed by atoms with Crippen molar-refractivity contribution in [2.45, 2.75) is 32.4 Å². The summed E-state index contributed by atoms with van der Waals surface area (Å²) in [7, 11) is 0. The van der Waals surface area contributed by atoms with E-state index in [1.54, 1.807) is 0 Å². The highest BCUT2D eigenvalue weighted by Gasteiger charge is 2.25. The lowest BCUT2D eigenvalue weighted by molar-refractivity contribution is 0.0468. The quantitative estimate of drug-likeness (QED) is 0.643. The largest absolute Gasteiger partial charge is 0.374 e. The van der Waals surface area contributed by atoms with Gasteiger partial charge in [0.25, 0.3) is 0 Å². The molecule has 2 rings (SSSR count). The molecule has 1 saturated heterocycles. The zero-order chi connectivity index (χ0) is 13.7. The summed E-state index contributed by atoms with van der Waals surface area (Å²) in [5.74, 6) is 8.50. The maximum Gasteiger partial charge on any atom is 0.0873 e. The summed E-state index contributed by atoms with van der Waals surface area (Å²) in [6, 6.07) is 8.78. The zero-order valence-electron chi connectivity index (χ0n) is 11.8. The van der Waals surface area contributed by atoms with Crippen molar-refractivity contribution in [1.29, 1.82) is 0 Å². The second kappa shape index (κ2) is 7.29. The monoisotopic (exact) mass is 280 g/mol. The molecular weight excluding hydrogens is 256 g/mol. The van der Waals surface area contributed by atoms with Gasteiger partial charge in [0, 0.05) is 11.5 Å². The first kappa shape index (κ1) is 14.9. The van der Waals surface area contributed by atoms with Crippen molar-refractivity contribution in [3.63, 3.8) is 0 Å². The van der Waals surface area contributed by atoms with Crippen LogP contribution in [-0.2, 0) is 11.2 Å². The van der Waals surface area contributed by atoms with Gasteiger partial charge in [0.15, 0.2) is 0 Å². The molecule has 1 fully saturated rings. The van der Waals surface area contributed by atoms with Gasteiger partial charge in [-0.15, -0.1) is 0 Å². The van der Waals surface area contributed by atoms with Crippen LogP contribution in [0.2, 0.25) is 0 Å². The number of hydrogen-bond donors (Lipinski definition) is 2. The Morgan fingerprint density at radius 2 is 2.32 bits per heavy atom.